The zero-order valence-corrected chi connectivity index (χ0v) is 11.5. The number of nitrogens with two attached hydrogens (primary N) is 1. The Morgan fingerprint density at radius 2 is 2.16 bits per heavy atom. The molecule has 1 aromatic rings. The highest BCUT2D eigenvalue weighted by atomic mass is 35.5. The molecule has 19 heavy (non-hydrogen) atoms. The molecule has 0 spiro atoms. The summed E-state index contributed by atoms with van der Waals surface area (Å²) >= 11 is 5.45. The third-order valence-corrected chi connectivity index (χ3v) is 3.44. The lowest BCUT2D eigenvalue weighted by molar-refractivity contribution is 0.0696. The number of benzene rings is 1. The summed E-state index contributed by atoms with van der Waals surface area (Å²) in [5, 5.41) is 13.8. The Balaban J connectivity index is 3.21. The third kappa shape index (κ3) is 4.23. The topological polar surface area (TPSA) is 107 Å². The van der Waals surface area contributed by atoms with Gasteiger partial charge in [0.2, 0.25) is 10.0 Å². The molecule has 0 saturated heterocycles. The minimum atomic E-state index is -4.08. The first-order valence-corrected chi connectivity index (χ1v) is 7.02. The fraction of sp³-hybridized carbons (Fsp3) is 0.182. The van der Waals surface area contributed by atoms with Crippen LogP contribution in [0.25, 0.3) is 0 Å². The van der Waals surface area contributed by atoms with Crippen molar-refractivity contribution in [2.75, 3.05) is 6.61 Å². The maximum Gasteiger partial charge on any atom is 0.335 e. The van der Waals surface area contributed by atoms with E-state index in [-0.39, 0.29) is 22.8 Å². The first-order valence-electron chi connectivity index (χ1n) is 5.04. The van der Waals surface area contributed by atoms with Crippen LogP contribution in [0.3, 0.4) is 0 Å². The van der Waals surface area contributed by atoms with E-state index in [4.69, 9.17) is 26.6 Å². The monoisotopic (exact) mass is 305 g/mol. The summed E-state index contributed by atoms with van der Waals surface area (Å²) in [5.41, 5.74) is 1.77. The van der Waals surface area contributed by atoms with Crippen LogP contribution >= 0.6 is 11.6 Å². The van der Waals surface area contributed by atoms with Crippen molar-refractivity contribution in [1.82, 2.24) is 0 Å². The van der Waals surface area contributed by atoms with Gasteiger partial charge in [0.1, 0.15) is 17.3 Å². The number of hydrogen-bond donors (Lipinski definition) is 2. The number of carboxylic acids is 1. The van der Waals surface area contributed by atoms with Gasteiger partial charge in [-0.05, 0) is 30.7 Å². The van der Waals surface area contributed by atoms with Gasteiger partial charge >= 0.3 is 5.97 Å². The van der Waals surface area contributed by atoms with Crippen LogP contribution in [0.5, 0.6) is 5.75 Å². The van der Waals surface area contributed by atoms with E-state index in [9.17, 15) is 13.2 Å². The van der Waals surface area contributed by atoms with Crippen LogP contribution in [0.15, 0.2) is 34.2 Å². The van der Waals surface area contributed by atoms with Crippen LogP contribution < -0.4 is 9.88 Å². The average molecular weight is 306 g/mol. The number of primary sulfonamides is 1. The minimum absolute atomic E-state index is 0.0228. The highest BCUT2D eigenvalue weighted by Gasteiger charge is 2.18. The molecule has 0 saturated carbocycles. The lowest BCUT2D eigenvalue weighted by Crippen LogP contribution is -2.15. The Labute approximate surface area is 115 Å². The Morgan fingerprint density at radius 1 is 1.53 bits per heavy atom. The highest BCUT2D eigenvalue weighted by molar-refractivity contribution is 7.89. The molecule has 0 atom stereocenters. The van der Waals surface area contributed by atoms with Crippen molar-refractivity contribution in [2.24, 2.45) is 5.14 Å². The second-order valence-electron chi connectivity index (χ2n) is 3.76. The van der Waals surface area contributed by atoms with E-state index < -0.39 is 16.0 Å². The molecule has 0 fully saturated rings. The van der Waals surface area contributed by atoms with Crippen molar-refractivity contribution in [1.29, 1.82) is 0 Å². The van der Waals surface area contributed by atoms with Crippen molar-refractivity contribution >= 4 is 27.6 Å². The number of aromatic carboxylic acids is 1. The second kappa shape index (κ2) is 6.05. The fourth-order valence-electron chi connectivity index (χ4n) is 1.21. The molecule has 0 amide bonds. The van der Waals surface area contributed by atoms with Crippen LogP contribution in [0.4, 0.5) is 0 Å². The van der Waals surface area contributed by atoms with Crippen LogP contribution in [0.1, 0.15) is 17.3 Å². The molecule has 0 aliphatic carbocycles. The van der Waals surface area contributed by atoms with Gasteiger partial charge in [0.05, 0.1) is 5.56 Å². The summed E-state index contributed by atoms with van der Waals surface area (Å²) in [6, 6.07) is 3.42. The minimum Gasteiger partial charge on any atom is -0.488 e. The molecule has 0 aliphatic heterocycles. The van der Waals surface area contributed by atoms with Gasteiger partial charge < -0.3 is 9.84 Å². The largest absolute Gasteiger partial charge is 0.488 e. The summed E-state index contributed by atoms with van der Waals surface area (Å²) in [5.74, 6) is -1.28. The number of hydrogen-bond acceptors (Lipinski definition) is 4. The zero-order chi connectivity index (χ0) is 14.6. The van der Waals surface area contributed by atoms with Crippen molar-refractivity contribution in [3.63, 3.8) is 0 Å². The summed E-state index contributed by atoms with van der Waals surface area (Å²) < 4.78 is 28.1. The van der Waals surface area contributed by atoms with Crippen molar-refractivity contribution in [3.8, 4) is 5.75 Å². The van der Waals surface area contributed by atoms with Crippen LogP contribution in [0, 0.1) is 0 Å². The predicted molar refractivity (Wildman–Crippen MR) is 69.9 cm³/mol. The van der Waals surface area contributed by atoms with E-state index in [2.05, 4.69) is 0 Å². The average Bonchev–Trinajstić information content (AvgIpc) is 2.34. The number of carbonyl (C=O) groups is 1. The van der Waals surface area contributed by atoms with Gasteiger partial charge in [0, 0.05) is 5.54 Å². The molecule has 3 N–H and O–H groups in total. The molecule has 0 heterocycles. The maximum atomic E-state index is 11.4. The van der Waals surface area contributed by atoms with Gasteiger partial charge in [-0.2, -0.15) is 0 Å². The van der Waals surface area contributed by atoms with Gasteiger partial charge in [-0.3, -0.25) is 0 Å². The molecule has 0 aliphatic rings. The molecule has 6 nitrogen and oxygen atoms in total. The van der Waals surface area contributed by atoms with Gasteiger partial charge in [0.15, 0.2) is 0 Å². The summed E-state index contributed by atoms with van der Waals surface area (Å²) in [4.78, 5) is 10.4. The molecule has 8 heteroatoms. The Morgan fingerprint density at radius 3 is 2.63 bits per heavy atom. The quantitative estimate of drug-likeness (QED) is 0.858. The smallest absolute Gasteiger partial charge is 0.335 e. The third-order valence-electron chi connectivity index (χ3n) is 2.14. The fourth-order valence-corrected chi connectivity index (χ4v) is 1.97. The van der Waals surface area contributed by atoms with E-state index in [1.54, 1.807) is 6.92 Å². The van der Waals surface area contributed by atoms with E-state index in [0.717, 1.165) is 6.07 Å². The number of ether oxygens (including phenoxy) is 1. The first-order chi connectivity index (χ1) is 8.75. The van der Waals surface area contributed by atoms with Gasteiger partial charge in [-0.25, -0.2) is 18.4 Å². The van der Waals surface area contributed by atoms with Crippen molar-refractivity contribution in [2.45, 2.75) is 11.8 Å². The molecular weight excluding hydrogens is 294 g/mol. The number of carboxylic acid groups (broad SMARTS) is 1. The Hall–Kier alpha value is -1.57. The van der Waals surface area contributed by atoms with Crippen LogP contribution in [-0.2, 0) is 10.0 Å². The van der Waals surface area contributed by atoms with Crippen LogP contribution in [-0.4, -0.2) is 26.1 Å². The number of rotatable bonds is 5. The lowest BCUT2D eigenvalue weighted by Gasteiger charge is -2.10. The maximum absolute atomic E-state index is 11.4. The summed E-state index contributed by atoms with van der Waals surface area (Å²) in [6.07, 6.45) is 0. The normalized spacial score (nSPS) is 12.3. The van der Waals surface area contributed by atoms with Gasteiger partial charge in [0.25, 0.3) is 0 Å². The molecule has 0 bridgehead atoms. The Bertz CT molecular complexity index is 624. The summed E-state index contributed by atoms with van der Waals surface area (Å²) in [6.45, 7) is 1.76. The molecule has 0 radical (unpaired) electrons. The SMILES string of the molecule is C/C(=C/Cl)COc1ccc(C(=O)O)cc1S(N)(=O)=O. The van der Waals surface area contributed by atoms with E-state index in [1.807, 2.05) is 0 Å². The predicted octanol–water partition coefficient (Wildman–Crippen LogP) is 1.55. The van der Waals surface area contributed by atoms with E-state index in [0.29, 0.717) is 5.57 Å². The van der Waals surface area contributed by atoms with E-state index >= 15 is 0 Å². The molecule has 0 aromatic heterocycles. The van der Waals surface area contributed by atoms with Gasteiger partial charge in [-0.15, -0.1) is 0 Å². The zero-order valence-electron chi connectivity index (χ0n) is 9.96. The van der Waals surface area contributed by atoms with E-state index in [1.165, 1.54) is 17.7 Å². The lowest BCUT2D eigenvalue weighted by atomic mass is 10.2. The molecule has 0 unspecified atom stereocenters. The second-order valence-corrected chi connectivity index (χ2v) is 5.50. The molecule has 1 rings (SSSR count). The van der Waals surface area contributed by atoms with Crippen molar-refractivity contribution in [3.05, 3.63) is 34.9 Å². The standard InChI is InChI=1S/C11H12ClNO5S/c1-7(5-12)6-18-9-3-2-8(11(14)15)4-10(9)19(13,16)17/h2-5H,6H2,1H3,(H,14,15)(H2,13,16,17)/b7-5-. The van der Waals surface area contributed by atoms with Gasteiger partial charge in [-0.1, -0.05) is 11.6 Å². The Kier molecular flexibility index (Phi) is 4.93. The summed E-state index contributed by atoms with van der Waals surface area (Å²) in [7, 11) is -4.08. The molecular formula is C11H12ClNO5S. The molecule has 1 aromatic carbocycles. The molecule has 104 valence electrons. The first kappa shape index (κ1) is 15.5. The van der Waals surface area contributed by atoms with Crippen LogP contribution in [0.2, 0.25) is 0 Å². The van der Waals surface area contributed by atoms with Crippen molar-refractivity contribution < 1.29 is 23.1 Å². The number of sulfonamides is 1. The highest BCUT2D eigenvalue weighted by Crippen LogP contribution is 2.24. The number of halogens is 1.